The molecule has 98 valence electrons. The molecule has 1 aliphatic rings. The molecule has 0 aromatic heterocycles. The molecule has 0 amide bonds. The zero-order valence-corrected chi connectivity index (χ0v) is 10.5. The summed E-state index contributed by atoms with van der Waals surface area (Å²) < 4.78 is 0. The number of phenols is 2. The first-order valence-corrected chi connectivity index (χ1v) is 5.34. The van der Waals surface area contributed by atoms with E-state index in [0.717, 1.165) is 0 Å². The van der Waals surface area contributed by atoms with Crippen LogP contribution in [0.25, 0.3) is 0 Å². The summed E-state index contributed by atoms with van der Waals surface area (Å²) in [4.78, 5) is 24.4. The third-order valence-electron chi connectivity index (χ3n) is 3.04. The van der Waals surface area contributed by atoms with Crippen molar-refractivity contribution in [1.29, 1.82) is 0 Å². The van der Waals surface area contributed by atoms with E-state index >= 15 is 0 Å². The van der Waals surface area contributed by atoms with Crippen LogP contribution >= 0.6 is 0 Å². The topological polar surface area (TPSA) is 74.6 Å². The number of rotatable bonds is 0. The van der Waals surface area contributed by atoms with Gasteiger partial charge in [-0.05, 0) is 12.1 Å². The quantitative estimate of drug-likeness (QED) is 0.491. The summed E-state index contributed by atoms with van der Waals surface area (Å²) in [5.74, 6) is -1.72. The van der Waals surface area contributed by atoms with Crippen LogP contribution < -0.4 is 0 Å². The number of fused-ring (bicyclic) bond motifs is 2. The van der Waals surface area contributed by atoms with Gasteiger partial charge in [0, 0.05) is 33.2 Å². The van der Waals surface area contributed by atoms with Crippen molar-refractivity contribution in [2.75, 3.05) is 0 Å². The molecule has 0 spiro atoms. The summed E-state index contributed by atoms with van der Waals surface area (Å²) in [6.45, 7) is 0. The Hall–Kier alpha value is -2.13. The Kier molecular flexibility index (Phi) is 3.17. The average molecular weight is 299 g/mol. The van der Waals surface area contributed by atoms with Crippen LogP contribution in [0.1, 0.15) is 31.8 Å². The van der Waals surface area contributed by atoms with Crippen LogP contribution in [-0.4, -0.2) is 21.8 Å². The minimum Gasteiger partial charge on any atom is -0.504 e. The minimum atomic E-state index is -0.541. The summed E-state index contributed by atoms with van der Waals surface area (Å²) in [5, 5.41) is 19.1. The Morgan fingerprint density at radius 1 is 0.737 bits per heavy atom. The van der Waals surface area contributed by atoms with E-state index in [0.29, 0.717) is 5.56 Å². The Balaban J connectivity index is 0.00000133. The van der Waals surface area contributed by atoms with E-state index in [-0.39, 0.29) is 39.0 Å². The zero-order chi connectivity index (χ0) is 12.9. The Labute approximate surface area is 118 Å². The first-order valence-electron chi connectivity index (χ1n) is 5.34. The molecule has 19 heavy (non-hydrogen) atoms. The number of carbonyl (C=O) groups excluding carboxylic acids is 2. The van der Waals surface area contributed by atoms with Gasteiger partial charge in [-0.1, -0.05) is 24.3 Å². The standard InChI is InChI=1S/C14H8O4.Ni/c15-10-6-5-9-11(14(10)18)13(17)8-4-2-1-3-7(8)12(9)16;/h1-6,15,18H;. The van der Waals surface area contributed by atoms with Gasteiger partial charge in [-0.2, -0.15) is 0 Å². The van der Waals surface area contributed by atoms with Crippen molar-refractivity contribution in [2.24, 2.45) is 0 Å². The first-order chi connectivity index (χ1) is 8.61. The molecule has 0 heterocycles. The fourth-order valence-electron chi connectivity index (χ4n) is 2.16. The number of ketones is 2. The zero-order valence-electron chi connectivity index (χ0n) is 9.49. The van der Waals surface area contributed by atoms with E-state index < -0.39 is 17.3 Å². The summed E-state index contributed by atoms with van der Waals surface area (Å²) in [5.41, 5.74) is 0.559. The predicted octanol–water partition coefficient (Wildman–Crippen LogP) is 1.87. The monoisotopic (exact) mass is 298 g/mol. The number of aromatic hydroxyl groups is 2. The number of benzene rings is 2. The van der Waals surface area contributed by atoms with Gasteiger partial charge < -0.3 is 10.2 Å². The summed E-state index contributed by atoms with van der Waals surface area (Å²) >= 11 is 0. The molecule has 5 heteroatoms. The molecule has 0 bridgehead atoms. The molecule has 0 atom stereocenters. The van der Waals surface area contributed by atoms with Gasteiger partial charge in [-0.3, -0.25) is 9.59 Å². The molecule has 1 aliphatic carbocycles. The van der Waals surface area contributed by atoms with Crippen LogP contribution in [0.2, 0.25) is 0 Å². The molecule has 0 unspecified atom stereocenters. The van der Waals surface area contributed by atoms with Crippen molar-refractivity contribution in [3.8, 4) is 11.5 Å². The first kappa shape index (κ1) is 13.3. The van der Waals surface area contributed by atoms with Crippen molar-refractivity contribution in [3.05, 3.63) is 58.7 Å². The van der Waals surface area contributed by atoms with Gasteiger partial charge in [-0.15, -0.1) is 0 Å². The number of hydrogen-bond donors (Lipinski definition) is 2. The van der Waals surface area contributed by atoms with Crippen LogP contribution in [0.4, 0.5) is 0 Å². The Bertz CT molecular complexity index is 707. The summed E-state index contributed by atoms with van der Waals surface area (Å²) in [7, 11) is 0. The Morgan fingerprint density at radius 2 is 1.32 bits per heavy atom. The normalized spacial score (nSPS) is 12.4. The van der Waals surface area contributed by atoms with Crippen LogP contribution in [0.15, 0.2) is 36.4 Å². The van der Waals surface area contributed by atoms with Crippen molar-refractivity contribution >= 4 is 11.6 Å². The molecule has 0 aliphatic heterocycles. The largest absolute Gasteiger partial charge is 0.504 e. The van der Waals surface area contributed by atoms with Gasteiger partial charge >= 0.3 is 0 Å². The summed E-state index contributed by atoms with van der Waals surface area (Å²) in [6, 6.07) is 8.97. The summed E-state index contributed by atoms with van der Waals surface area (Å²) in [6.07, 6.45) is 0. The smallest absolute Gasteiger partial charge is 0.198 e. The van der Waals surface area contributed by atoms with Crippen molar-refractivity contribution in [1.82, 2.24) is 0 Å². The molecule has 2 aromatic rings. The van der Waals surface area contributed by atoms with E-state index in [1.807, 2.05) is 0 Å². The maximum Gasteiger partial charge on any atom is 0.198 e. The molecule has 0 saturated carbocycles. The van der Waals surface area contributed by atoms with Gasteiger partial charge in [0.2, 0.25) is 0 Å². The molecule has 4 nitrogen and oxygen atoms in total. The third kappa shape index (κ3) is 1.74. The second kappa shape index (κ2) is 4.52. The molecule has 2 N–H and O–H groups in total. The van der Waals surface area contributed by atoms with E-state index in [1.54, 1.807) is 18.2 Å². The van der Waals surface area contributed by atoms with Crippen molar-refractivity contribution < 1.29 is 36.3 Å². The second-order valence-corrected chi connectivity index (χ2v) is 4.06. The van der Waals surface area contributed by atoms with E-state index in [1.165, 1.54) is 18.2 Å². The maximum atomic E-state index is 12.2. The van der Waals surface area contributed by atoms with Gasteiger partial charge in [-0.25, -0.2) is 0 Å². The van der Waals surface area contributed by atoms with Gasteiger partial charge in [0.15, 0.2) is 23.1 Å². The van der Waals surface area contributed by atoms with E-state index in [4.69, 9.17) is 0 Å². The van der Waals surface area contributed by atoms with E-state index in [2.05, 4.69) is 0 Å². The SMILES string of the molecule is O=C1c2ccccc2C(=O)c2c1ccc(O)c2O.[Ni]. The van der Waals surface area contributed by atoms with Crippen LogP contribution in [0, 0.1) is 0 Å². The fraction of sp³-hybridized carbons (Fsp3) is 0. The average Bonchev–Trinajstić information content (AvgIpc) is 2.39. The number of hydrogen-bond acceptors (Lipinski definition) is 4. The minimum absolute atomic E-state index is 0. The Morgan fingerprint density at radius 3 is 1.95 bits per heavy atom. The predicted molar refractivity (Wildman–Crippen MR) is 63.1 cm³/mol. The fourth-order valence-corrected chi connectivity index (χ4v) is 2.16. The van der Waals surface area contributed by atoms with Crippen LogP contribution in [-0.2, 0) is 16.5 Å². The van der Waals surface area contributed by atoms with Crippen molar-refractivity contribution in [2.45, 2.75) is 0 Å². The maximum absolute atomic E-state index is 12.2. The van der Waals surface area contributed by atoms with Crippen LogP contribution in [0.5, 0.6) is 11.5 Å². The molecular weight excluding hydrogens is 291 g/mol. The third-order valence-corrected chi connectivity index (χ3v) is 3.04. The molecule has 0 saturated heterocycles. The molecule has 0 radical (unpaired) electrons. The molecule has 2 aromatic carbocycles. The molecular formula is C14H8NiO4. The van der Waals surface area contributed by atoms with E-state index in [9.17, 15) is 19.8 Å². The van der Waals surface area contributed by atoms with Gasteiger partial charge in [0.05, 0.1) is 5.56 Å². The van der Waals surface area contributed by atoms with Gasteiger partial charge in [0.25, 0.3) is 0 Å². The second-order valence-electron chi connectivity index (χ2n) is 4.06. The number of phenolic OH excluding ortho intramolecular Hbond substituents is 2. The number of carbonyl (C=O) groups is 2. The van der Waals surface area contributed by atoms with Crippen molar-refractivity contribution in [3.63, 3.8) is 0 Å². The molecule has 3 rings (SSSR count). The van der Waals surface area contributed by atoms with Crippen LogP contribution in [0.3, 0.4) is 0 Å². The molecule has 0 fully saturated rings. The van der Waals surface area contributed by atoms with Gasteiger partial charge in [0.1, 0.15) is 0 Å².